The molecule has 0 aromatic carbocycles. The van der Waals surface area contributed by atoms with Gasteiger partial charge in [0.25, 0.3) is 6.43 Å². The highest BCUT2D eigenvalue weighted by molar-refractivity contribution is 5.58. The van der Waals surface area contributed by atoms with Gasteiger partial charge in [-0.15, -0.1) is 0 Å². The second kappa shape index (κ2) is 6.20. The number of pyridine rings is 1. The minimum atomic E-state index is -2.67. The van der Waals surface area contributed by atoms with Crippen LogP contribution in [-0.4, -0.2) is 41.1 Å². The molecule has 1 N–H and O–H groups in total. The lowest BCUT2D eigenvalue weighted by atomic mass is 10.3. The zero-order chi connectivity index (χ0) is 13.7. The number of aliphatic hydroxyl groups excluding tert-OH is 1. The Kier molecular flexibility index (Phi) is 4.90. The molecule has 0 saturated heterocycles. The fourth-order valence-electron chi connectivity index (χ4n) is 1.48. The third-order valence-electron chi connectivity index (χ3n) is 2.22. The summed E-state index contributed by atoms with van der Waals surface area (Å²) in [6, 6.07) is 2.65. The number of hydrogen-bond acceptors (Lipinski definition) is 5. The van der Waals surface area contributed by atoms with Gasteiger partial charge in [0, 0.05) is 18.3 Å². The first-order chi connectivity index (χ1) is 8.45. The van der Waals surface area contributed by atoms with Crippen LogP contribution in [0.2, 0.25) is 0 Å². The summed E-state index contributed by atoms with van der Waals surface area (Å²) in [5.41, 5.74) is 0.127. The van der Waals surface area contributed by atoms with Gasteiger partial charge >= 0.3 is 5.69 Å². The van der Waals surface area contributed by atoms with Crippen LogP contribution in [-0.2, 0) is 0 Å². The zero-order valence-electron chi connectivity index (χ0n) is 9.71. The molecule has 0 saturated carbocycles. The molecular formula is C10H13F2N3O3. The molecule has 0 aliphatic rings. The van der Waals surface area contributed by atoms with E-state index >= 15 is 0 Å². The number of halogens is 2. The second-order valence-corrected chi connectivity index (χ2v) is 3.61. The Labute approximate surface area is 102 Å². The quantitative estimate of drug-likeness (QED) is 0.617. The van der Waals surface area contributed by atoms with Crippen molar-refractivity contribution < 1.29 is 18.8 Å². The Morgan fingerprint density at radius 3 is 2.72 bits per heavy atom. The number of nitrogens with zero attached hydrogens (tertiary/aromatic N) is 3. The molecule has 0 bridgehead atoms. The third-order valence-corrected chi connectivity index (χ3v) is 2.22. The van der Waals surface area contributed by atoms with Crippen LogP contribution in [0.1, 0.15) is 5.69 Å². The monoisotopic (exact) mass is 261 g/mol. The van der Waals surface area contributed by atoms with Crippen molar-refractivity contribution in [3.05, 3.63) is 27.9 Å². The van der Waals surface area contributed by atoms with Crippen molar-refractivity contribution in [2.24, 2.45) is 0 Å². The number of aryl methyl sites for hydroxylation is 1. The molecule has 0 atom stereocenters. The van der Waals surface area contributed by atoms with Gasteiger partial charge in [0.1, 0.15) is 0 Å². The van der Waals surface area contributed by atoms with E-state index in [9.17, 15) is 18.9 Å². The van der Waals surface area contributed by atoms with Crippen LogP contribution in [0.3, 0.4) is 0 Å². The topological polar surface area (TPSA) is 79.5 Å². The SMILES string of the molecule is Cc1ccc([N+](=O)[O-])c(N(CCO)CC(F)F)n1. The highest BCUT2D eigenvalue weighted by Gasteiger charge is 2.23. The average Bonchev–Trinajstić information content (AvgIpc) is 2.27. The smallest absolute Gasteiger partial charge is 0.311 e. The van der Waals surface area contributed by atoms with E-state index in [1.807, 2.05) is 0 Å². The third kappa shape index (κ3) is 3.59. The van der Waals surface area contributed by atoms with Gasteiger partial charge in [0.05, 0.1) is 18.1 Å². The minimum Gasteiger partial charge on any atom is -0.395 e. The van der Waals surface area contributed by atoms with E-state index in [4.69, 9.17) is 5.11 Å². The Bertz CT molecular complexity index is 429. The molecule has 0 radical (unpaired) electrons. The van der Waals surface area contributed by atoms with Crippen molar-refractivity contribution in [2.45, 2.75) is 13.3 Å². The van der Waals surface area contributed by atoms with Gasteiger partial charge in [-0.05, 0) is 13.0 Å². The largest absolute Gasteiger partial charge is 0.395 e. The fourth-order valence-corrected chi connectivity index (χ4v) is 1.48. The molecule has 8 heteroatoms. The van der Waals surface area contributed by atoms with Crippen LogP contribution in [0, 0.1) is 17.0 Å². The van der Waals surface area contributed by atoms with Crippen LogP contribution in [0.5, 0.6) is 0 Å². The number of rotatable bonds is 6. The number of alkyl halides is 2. The van der Waals surface area contributed by atoms with E-state index in [2.05, 4.69) is 4.98 Å². The van der Waals surface area contributed by atoms with Crippen LogP contribution in [0.25, 0.3) is 0 Å². The lowest BCUT2D eigenvalue weighted by molar-refractivity contribution is -0.384. The summed E-state index contributed by atoms with van der Waals surface area (Å²) < 4.78 is 24.8. The van der Waals surface area contributed by atoms with Gasteiger partial charge in [-0.25, -0.2) is 13.8 Å². The first-order valence-corrected chi connectivity index (χ1v) is 5.21. The Morgan fingerprint density at radius 2 is 2.22 bits per heavy atom. The van der Waals surface area contributed by atoms with Gasteiger partial charge in [-0.2, -0.15) is 0 Å². The van der Waals surface area contributed by atoms with Crippen molar-refractivity contribution in [3.63, 3.8) is 0 Å². The molecule has 0 amide bonds. The molecule has 100 valence electrons. The molecule has 0 spiro atoms. The predicted octanol–water partition coefficient (Wildman–Crippen LogP) is 1.36. The van der Waals surface area contributed by atoms with Crippen LogP contribution in [0.15, 0.2) is 12.1 Å². The summed E-state index contributed by atoms with van der Waals surface area (Å²) in [5.74, 6) is -0.144. The van der Waals surface area contributed by atoms with Crippen LogP contribution >= 0.6 is 0 Å². The summed E-state index contributed by atoms with van der Waals surface area (Å²) in [7, 11) is 0. The summed E-state index contributed by atoms with van der Waals surface area (Å²) >= 11 is 0. The summed E-state index contributed by atoms with van der Waals surface area (Å²) in [6.07, 6.45) is -2.67. The van der Waals surface area contributed by atoms with Gasteiger partial charge in [0.2, 0.25) is 5.82 Å². The Hall–Kier alpha value is -1.83. The van der Waals surface area contributed by atoms with Crippen molar-refractivity contribution in [1.29, 1.82) is 0 Å². The molecule has 1 heterocycles. The number of hydrogen-bond donors (Lipinski definition) is 1. The van der Waals surface area contributed by atoms with Crippen molar-refractivity contribution in [1.82, 2.24) is 4.98 Å². The van der Waals surface area contributed by atoms with Crippen molar-refractivity contribution >= 4 is 11.5 Å². The molecule has 18 heavy (non-hydrogen) atoms. The zero-order valence-corrected chi connectivity index (χ0v) is 9.71. The molecule has 1 aromatic rings. The number of aliphatic hydroxyl groups is 1. The highest BCUT2D eigenvalue weighted by Crippen LogP contribution is 2.26. The maximum Gasteiger partial charge on any atom is 0.311 e. The van der Waals surface area contributed by atoms with Crippen LogP contribution < -0.4 is 4.90 Å². The normalized spacial score (nSPS) is 10.7. The molecule has 0 unspecified atom stereocenters. The molecule has 1 aromatic heterocycles. The highest BCUT2D eigenvalue weighted by atomic mass is 19.3. The molecule has 1 rings (SSSR count). The summed E-state index contributed by atoms with van der Waals surface area (Å²) in [6.45, 7) is 0.367. The lowest BCUT2D eigenvalue weighted by Gasteiger charge is -2.22. The minimum absolute atomic E-state index is 0.137. The Morgan fingerprint density at radius 1 is 1.56 bits per heavy atom. The fraction of sp³-hybridized carbons (Fsp3) is 0.500. The Balaban J connectivity index is 3.15. The number of anilines is 1. The molecule has 0 aliphatic carbocycles. The first kappa shape index (κ1) is 14.2. The van der Waals surface area contributed by atoms with Gasteiger partial charge in [-0.1, -0.05) is 0 Å². The van der Waals surface area contributed by atoms with E-state index in [0.717, 1.165) is 4.90 Å². The summed E-state index contributed by atoms with van der Waals surface area (Å²) in [5, 5.41) is 19.6. The first-order valence-electron chi connectivity index (χ1n) is 5.21. The van der Waals surface area contributed by atoms with Crippen LogP contribution in [0.4, 0.5) is 20.3 Å². The molecule has 0 fully saturated rings. The van der Waals surface area contributed by atoms with E-state index in [1.54, 1.807) is 6.92 Å². The van der Waals surface area contributed by atoms with Gasteiger partial charge in [0.15, 0.2) is 0 Å². The average molecular weight is 261 g/mol. The van der Waals surface area contributed by atoms with Gasteiger partial charge in [-0.3, -0.25) is 10.1 Å². The van der Waals surface area contributed by atoms with E-state index < -0.39 is 17.9 Å². The maximum absolute atomic E-state index is 12.4. The maximum atomic E-state index is 12.4. The lowest BCUT2D eigenvalue weighted by Crippen LogP contribution is -2.33. The second-order valence-electron chi connectivity index (χ2n) is 3.61. The van der Waals surface area contributed by atoms with Crippen molar-refractivity contribution in [2.75, 3.05) is 24.6 Å². The van der Waals surface area contributed by atoms with E-state index in [0.29, 0.717) is 5.69 Å². The standard InChI is InChI=1S/C10H13F2N3O3/c1-7-2-3-8(15(17)18)10(13-7)14(4-5-16)6-9(11)12/h2-3,9,16H,4-6H2,1H3. The van der Waals surface area contributed by atoms with E-state index in [1.165, 1.54) is 12.1 Å². The van der Waals surface area contributed by atoms with Gasteiger partial charge < -0.3 is 10.0 Å². The number of aromatic nitrogens is 1. The predicted molar refractivity (Wildman–Crippen MR) is 60.9 cm³/mol. The molecule has 6 nitrogen and oxygen atoms in total. The number of nitro groups is 1. The van der Waals surface area contributed by atoms with Crippen molar-refractivity contribution in [3.8, 4) is 0 Å². The summed E-state index contributed by atoms with van der Waals surface area (Å²) in [4.78, 5) is 15.0. The molecule has 0 aliphatic heterocycles. The molecular weight excluding hydrogens is 248 g/mol. The van der Waals surface area contributed by atoms with E-state index in [-0.39, 0.29) is 24.7 Å².